The van der Waals surface area contributed by atoms with Crippen molar-refractivity contribution in [3.63, 3.8) is 0 Å². The predicted molar refractivity (Wildman–Crippen MR) is 226 cm³/mol. The second-order valence-electron chi connectivity index (χ2n) is 16.9. The molecular weight excluding hydrogens is 609 g/mol. The third kappa shape index (κ3) is 34.3. The van der Waals surface area contributed by atoms with Crippen molar-refractivity contribution in [2.75, 3.05) is 27.2 Å². The molecule has 0 aromatic rings. The Kier molecular flexibility index (Phi) is 37.3. The van der Waals surface area contributed by atoms with Crippen molar-refractivity contribution in [2.24, 2.45) is 17.8 Å². The van der Waals surface area contributed by atoms with Gasteiger partial charge >= 0.3 is 0 Å². The fraction of sp³-hybridized carbons (Fsp3) is 0.936. The van der Waals surface area contributed by atoms with E-state index in [0.717, 1.165) is 19.5 Å². The highest BCUT2D eigenvalue weighted by atomic mass is 16.1. The standard InChI is InChI=1S/C47H94N2O/c1-8-10-12-14-16-18-20-22-24-26-28-30-32-34-37-46(38-35-33-31-29-27-25-23-21-19-17-15-13-11-9-2)41-43(3)45(5)44(4)42-48-47(50)39-36-40-49(6)7/h41,43-45H,8-40,42H2,1-7H3,(H,48,50). The number of carbonyl (C=O) groups excluding carboxylic acids is 1. The van der Waals surface area contributed by atoms with Gasteiger partial charge in [0.25, 0.3) is 0 Å². The molecular formula is C47H94N2O. The van der Waals surface area contributed by atoms with Crippen molar-refractivity contribution in [3.8, 4) is 0 Å². The molecule has 3 heteroatoms. The first-order valence-corrected chi connectivity index (χ1v) is 22.9. The van der Waals surface area contributed by atoms with Crippen LogP contribution in [0.3, 0.4) is 0 Å². The molecule has 0 aromatic carbocycles. The van der Waals surface area contributed by atoms with Crippen LogP contribution in [0.4, 0.5) is 0 Å². The molecule has 0 heterocycles. The molecule has 0 aliphatic heterocycles. The molecule has 0 aromatic heterocycles. The first-order valence-electron chi connectivity index (χ1n) is 22.9. The van der Waals surface area contributed by atoms with Gasteiger partial charge in [0, 0.05) is 13.0 Å². The monoisotopic (exact) mass is 703 g/mol. The smallest absolute Gasteiger partial charge is 0.220 e. The van der Waals surface area contributed by atoms with Crippen molar-refractivity contribution in [3.05, 3.63) is 11.6 Å². The zero-order valence-corrected chi connectivity index (χ0v) is 35.7. The van der Waals surface area contributed by atoms with Gasteiger partial charge in [-0.2, -0.15) is 0 Å². The number of carbonyl (C=O) groups is 1. The van der Waals surface area contributed by atoms with E-state index in [1.807, 2.05) is 0 Å². The Hall–Kier alpha value is -0.830. The van der Waals surface area contributed by atoms with Crippen LogP contribution in [-0.2, 0) is 4.79 Å². The van der Waals surface area contributed by atoms with E-state index in [1.165, 1.54) is 193 Å². The van der Waals surface area contributed by atoms with E-state index >= 15 is 0 Å². The molecule has 0 rings (SSSR count). The molecule has 0 bridgehead atoms. The van der Waals surface area contributed by atoms with Gasteiger partial charge < -0.3 is 10.2 Å². The van der Waals surface area contributed by atoms with Gasteiger partial charge in [0.15, 0.2) is 0 Å². The molecule has 0 aliphatic rings. The number of allylic oxidation sites excluding steroid dienone is 2. The molecule has 1 amide bonds. The van der Waals surface area contributed by atoms with E-state index in [1.54, 1.807) is 5.57 Å². The second-order valence-corrected chi connectivity index (χ2v) is 16.9. The predicted octanol–water partition coefficient (Wildman–Crippen LogP) is 15.0. The van der Waals surface area contributed by atoms with Gasteiger partial charge in [-0.15, -0.1) is 0 Å². The largest absolute Gasteiger partial charge is 0.356 e. The summed E-state index contributed by atoms with van der Waals surface area (Å²) in [6.07, 6.45) is 46.8. The molecule has 0 saturated carbocycles. The van der Waals surface area contributed by atoms with Gasteiger partial charge in [-0.1, -0.05) is 213 Å². The lowest BCUT2D eigenvalue weighted by atomic mass is 9.83. The Labute approximate surface area is 316 Å². The molecule has 3 atom stereocenters. The fourth-order valence-electron chi connectivity index (χ4n) is 7.53. The van der Waals surface area contributed by atoms with E-state index in [2.05, 4.69) is 65.0 Å². The number of unbranched alkanes of at least 4 members (excludes halogenated alkanes) is 26. The zero-order valence-electron chi connectivity index (χ0n) is 35.7. The molecule has 0 saturated heterocycles. The molecule has 1 N–H and O–H groups in total. The van der Waals surface area contributed by atoms with E-state index in [4.69, 9.17) is 0 Å². The summed E-state index contributed by atoms with van der Waals surface area (Å²) in [5.41, 5.74) is 1.72. The highest BCUT2D eigenvalue weighted by Crippen LogP contribution is 2.27. The second kappa shape index (κ2) is 37.9. The Morgan fingerprint density at radius 2 is 0.840 bits per heavy atom. The average molecular weight is 703 g/mol. The van der Waals surface area contributed by atoms with E-state index in [9.17, 15) is 4.79 Å². The third-order valence-corrected chi connectivity index (χ3v) is 11.6. The normalized spacial score (nSPS) is 13.4. The highest BCUT2D eigenvalue weighted by molar-refractivity contribution is 5.75. The number of hydrogen-bond acceptors (Lipinski definition) is 2. The lowest BCUT2D eigenvalue weighted by molar-refractivity contribution is -0.121. The summed E-state index contributed by atoms with van der Waals surface area (Å²) in [6.45, 7) is 13.5. The Balaban J connectivity index is 4.48. The summed E-state index contributed by atoms with van der Waals surface area (Å²) < 4.78 is 0. The van der Waals surface area contributed by atoms with Gasteiger partial charge in [0.2, 0.25) is 5.91 Å². The summed E-state index contributed by atoms with van der Waals surface area (Å²) in [5, 5.41) is 3.23. The number of hydrogen-bond donors (Lipinski definition) is 1. The van der Waals surface area contributed by atoms with Crippen LogP contribution in [0.25, 0.3) is 0 Å². The number of nitrogens with zero attached hydrogens (tertiary/aromatic N) is 1. The van der Waals surface area contributed by atoms with Crippen LogP contribution in [0.2, 0.25) is 0 Å². The molecule has 0 spiro atoms. The maximum Gasteiger partial charge on any atom is 0.220 e. The third-order valence-electron chi connectivity index (χ3n) is 11.6. The van der Waals surface area contributed by atoms with Crippen LogP contribution in [0.1, 0.15) is 240 Å². The van der Waals surface area contributed by atoms with Crippen molar-refractivity contribution in [2.45, 2.75) is 240 Å². The van der Waals surface area contributed by atoms with Gasteiger partial charge in [0.1, 0.15) is 0 Å². The van der Waals surface area contributed by atoms with E-state index in [0.29, 0.717) is 24.2 Å². The first-order chi connectivity index (χ1) is 24.3. The molecule has 0 aliphatic carbocycles. The number of rotatable bonds is 39. The lowest BCUT2D eigenvalue weighted by Crippen LogP contribution is -2.32. The Morgan fingerprint density at radius 3 is 1.18 bits per heavy atom. The Bertz CT molecular complexity index is 697. The van der Waals surface area contributed by atoms with Crippen LogP contribution in [0.15, 0.2) is 11.6 Å². The van der Waals surface area contributed by atoms with Crippen LogP contribution in [0, 0.1) is 17.8 Å². The number of amides is 1. The molecule has 0 fully saturated rings. The molecule has 50 heavy (non-hydrogen) atoms. The summed E-state index contributed by atoms with van der Waals surface area (Å²) in [5.74, 6) is 1.83. The summed E-state index contributed by atoms with van der Waals surface area (Å²) in [4.78, 5) is 14.5. The van der Waals surface area contributed by atoms with Crippen molar-refractivity contribution in [1.82, 2.24) is 10.2 Å². The summed E-state index contributed by atoms with van der Waals surface area (Å²) in [6, 6.07) is 0. The Morgan fingerprint density at radius 1 is 0.500 bits per heavy atom. The minimum atomic E-state index is 0.213. The fourth-order valence-corrected chi connectivity index (χ4v) is 7.53. The van der Waals surface area contributed by atoms with E-state index in [-0.39, 0.29) is 5.91 Å². The quantitative estimate of drug-likeness (QED) is 0.0511. The molecule has 0 radical (unpaired) electrons. The summed E-state index contributed by atoms with van der Waals surface area (Å²) in [7, 11) is 4.15. The SMILES string of the molecule is CCCCCCCCCCCCCCCCC(=CC(C)C(C)C(C)CNC(=O)CCCN(C)C)CCCCCCCCCCCCCCCC. The van der Waals surface area contributed by atoms with Crippen molar-refractivity contribution < 1.29 is 4.79 Å². The van der Waals surface area contributed by atoms with Gasteiger partial charge in [-0.3, -0.25) is 4.79 Å². The van der Waals surface area contributed by atoms with Gasteiger partial charge in [0.05, 0.1) is 0 Å². The topological polar surface area (TPSA) is 32.3 Å². The molecule has 298 valence electrons. The minimum absolute atomic E-state index is 0.213. The van der Waals surface area contributed by atoms with Crippen molar-refractivity contribution >= 4 is 5.91 Å². The number of nitrogens with one attached hydrogen (secondary N) is 1. The first kappa shape index (κ1) is 49.2. The van der Waals surface area contributed by atoms with Gasteiger partial charge in [-0.05, 0) is 70.5 Å². The zero-order chi connectivity index (χ0) is 36.9. The maximum absolute atomic E-state index is 12.4. The van der Waals surface area contributed by atoms with E-state index < -0.39 is 0 Å². The molecule has 3 unspecified atom stereocenters. The maximum atomic E-state index is 12.4. The van der Waals surface area contributed by atoms with Crippen LogP contribution in [-0.4, -0.2) is 38.0 Å². The van der Waals surface area contributed by atoms with Crippen LogP contribution >= 0.6 is 0 Å². The lowest BCUT2D eigenvalue weighted by Gasteiger charge is -2.25. The molecule has 3 nitrogen and oxygen atoms in total. The van der Waals surface area contributed by atoms with Crippen LogP contribution < -0.4 is 5.32 Å². The average Bonchev–Trinajstić information content (AvgIpc) is 3.10. The highest BCUT2D eigenvalue weighted by Gasteiger charge is 2.19. The van der Waals surface area contributed by atoms with Crippen LogP contribution in [0.5, 0.6) is 0 Å². The van der Waals surface area contributed by atoms with Gasteiger partial charge in [-0.25, -0.2) is 0 Å². The van der Waals surface area contributed by atoms with Crippen molar-refractivity contribution in [1.29, 1.82) is 0 Å². The minimum Gasteiger partial charge on any atom is -0.356 e. The summed E-state index contributed by atoms with van der Waals surface area (Å²) >= 11 is 0.